The number of nitrogens with zero attached hydrogens (tertiary/aromatic N) is 1. The molecular formula is C15H17NO4. The lowest BCUT2D eigenvalue weighted by molar-refractivity contribution is -0.163. The number of carboxylic acids is 1. The van der Waals surface area contributed by atoms with Gasteiger partial charge in [0.1, 0.15) is 0 Å². The number of amides is 2. The molecule has 1 saturated heterocycles. The molecule has 0 bridgehead atoms. The molecule has 0 spiro atoms. The van der Waals surface area contributed by atoms with Crippen molar-refractivity contribution < 1.29 is 19.5 Å². The zero-order chi connectivity index (χ0) is 15.1. The van der Waals surface area contributed by atoms with Gasteiger partial charge in [0.25, 0.3) is 0 Å². The van der Waals surface area contributed by atoms with Crippen LogP contribution in [0.2, 0.25) is 0 Å². The normalized spacial score (nSPS) is 20.9. The standard InChI is InChI=1S/C15H17NO4/c1-14(2)9-11(17)16(12(14)18)15(3,13(19)20)10-7-5-4-6-8-10/h4-8H,9H2,1-3H3,(H,19,20). The van der Waals surface area contributed by atoms with Crippen LogP contribution in [0.25, 0.3) is 0 Å². The Morgan fingerprint density at radius 2 is 1.80 bits per heavy atom. The maximum Gasteiger partial charge on any atom is 0.334 e. The first-order valence-corrected chi connectivity index (χ1v) is 6.37. The predicted molar refractivity (Wildman–Crippen MR) is 71.7 cm³/mol. The van der Waals surface area contributed by atoms with Crippen LogP contribution in [-0.2, 0) is 19.9 Å². The molecule has 20 heavy (non-hydrogen) atoms. The Hall–Kier alpha value is -2.17. The van der Waals surface area contributed by atoms with E-state index >= 15 is 0 Å². The highest BCUT2D eigenvalue weighted by Gasteiger charge is 2.56. The Labute approximate surface area is 117 Å². The van der Waals surface area contributed by atoms with Crippen LogP contribution in [0.1, 0.15) is 32.8 Å². The van der Waals surface area contributed by atoms with Crippen LogP contribution in [0.5, 0.6) is 0 Å². The fourth-order valence-electron chi connectivity index (χ4n) is 2.51. The van der Waals surface area contributed by atoms with Crippen LogP contribution in [-0.4, -0.2) is 27.8 Å². The van der Waals surface area contributed by atoms with E-state index in [0.717, 1.165) is 4.90 Å². The van der Waals surface area contributed by atoms with Gasteiger partial charge in [-0.1, -0.05) is 44.2 Å². The summed E-state index contributed by atoms with van der Waals surface area (Å²) < 4.78 is 0. The Morgan fingerprint density at radius 3 is 2.20 bits per heavy atom. The minimum Gasteiger partial charge on any atom is -0.479 e. The maximum atomic E-state index is 12.4. The minimum atomic E-state index is -1.68. The monoisotopic (exact) mass is 275 g/mol. The molecule has 5 heteroatoms. The Morgan fingerprint density at radius 1 is 1.25 bits per heavy atom. The van der Waals surface area contributed by atoms with Crippen molar-refractivity contribution in [2.45, 2.75) is 32.7 Å². The van der Waals surface area contributed by atoms with Crippen LogP contribution in [0.15, 0.2) is 30.3 Å². The lowest BCUT2D eigenvalue weighted by atomic mass is 9.88. The molecular weight excluding hydrogens is 258 g/mol. The molecule has 2 rings (SSSR count). The summed E-state index contributed by atoms with van der Waals surface area (Å²) in [5, 5.41) is 9.61. The van der Waals surface area contributed by atoms with Crippen LogP contribution >= 0.6 is 0 Å². The van der Waals surface area contributed by atoms with Gasteiger partial charge in [0.2, 0.25) is 11.8 Å². The van der Waals surface area contributed by atoms with Gasteiger partial charge in [-0.25, -0.2) is 4.79 Å². The van der Waals surface area contributed by atoms with Crippen LogP contribution < -0.4 is 0 Å². The molecule has 0 aliphatic carbocycles. The fourth-order valence-corrected chi connectivity index (χ4v) is 2.51. The average molecular weight is 275 g/mol. The highest BCUT2D eigenvalue weighted by Crippen LogP contribution is 2.40. The zero-order valence-electron chi connectivity index (χ0n) is 11.7. The van der Waals surface area contributed by atoms with Gasteiger partial charge < -0.3 is 5.11 Å². The maximum absolute atomic E-state index is 12.4. The number of carbonyl (C=O) groups is 3. The molecule has 0 radical (unpaired) electrons. The lowest BCUT2D eigenvalue weighted by Crippen LogP contribution is -2.53. The smallest absolute Gasteiger partial charge is 0.334 e. The molecule has 1 heterocycles. The number of benzene rings is 1. The zero-order valence-corrected chi connectivity index (χ0v) is 11.7. The minimum absolute atomic E-state index is 0.0293. The SMILES string of the molecule is CC1(C)CC(=O)N(C(C)(C(=O)O)c2ccccc2)C1=O. The highest BCUT2D eigenvalue weighted by atomic mass is 16.4. The Balaban J connectivity index is 2.59. The van der Waals surface area contributed by atoms with E-state index in [-0.39, 0.29) is 6.42 Å². The third-order valence-corrected chi connectivity index (χ3v) is 3.82. The van der Waals surface area contributed by atoms with Crippen molar-refractivity contribution in [2.75, 3.05) is 0 Å². The number of rotatable bonds is 3. The summed E-state index contributed by atoms with van der Waals surface area (Å²) in [5.74, 6) is -2.12. The average Bonchev–Trinajstić information content (AvgIpc) is 2.58. The fraction of sp³-hybridized carbons (Fsp3) is 0.400. The molecule has 1 aromatic carbocycles. The van der Waals surface area contributed by atoms with Crippen molar-refractivity contribution in [2.24, 2.45) is 5.41 Å². The van der Waals surface area contributed by atoms with Gasteiger partial charge >= 0.3 is 5.97 Å². The first kappa shape index (κ1) is 14.2. The number of carboxylic acid groups (broad SMARTS) is 1. The molecule has 1 aliphatic heterocycles. The Bertz CT molecular complexity index is 579. The Kier molecular flexibility index (Phi) is 3.16. The van der Waals surface area contributed by atoms with E-state index in [1.54, 1.807) is 44.2 Å². The molecule has 5 nitrogen and oxygen atoms in total. The summed E-state index contributed by atoms with van der Waals surface area (Å²) in [5.41, 5.74) is -2.13. The van der Waals surface area contributed by atoms with Crippen molar-refractivity contribution in [3.63, 3.8) is 0 Å². The molecule has 1 N–H and O–H groups in total. The summed E-state index contributed by atoms with van der Waals surface area (Å²) in [6.07, 6.45) is 0.0293. The molecule has 0 aromatic heterocycles. The number of hydrogen-bond acceptors (Lipinski definition) is 3. The van der Waals surface area contributed by atoms with E-state index in [0.29, 0.717) is 5.56 Å². The number of imide groups is 1. The second kappa shape index (κ2) is 4.44. The number of carbonyl (C=O) groups excluding carboxylic acids is 2. The highest BCUT2D eigenvalue weighted by molar-refractivity contribution is 6.09. The van der Waals surface area contributed by atoms with Crippen molar-refractivity contribution in [3.8, 4) is 0 Å². The van der Waals surface area contributed by atoms with E-state index in [1.807, 2.05) is 0 Å². The van der Waals surface area contributed by atoms with Crippen molar-refractivity contribution in [1.29, 1.82) is 0 Å². The molecule has 0 saturated carbocycles. The molecule has 1 fully saturated rings. The van der Waals surface area contributed by atoms with E-state index in [2.05, 4.69) is 0 Å². The first-order valence-electron chi connectivity index (χ1n) is 6.37. The van der Waals surface area contributed by atoms with Gasteiger partial charge in [0.05, 0.1) is 5.41 Å². The van der Waals surface area contributed by atoms with E-state index in [4.69, 9.17) is 0 Å². The number of likely N-dealkylation sites (tertiary alicyclic amines) is 1. The molecule has 2 amide bonds. The molecule has 1 unspecified atom stereocenters. The third-order valence-electron chi connectivity index (χ3n) is 3.82. The number of aliphatic carboxylic acids is 1. The summed E-state index contributed by atoms with van der Waals surface area (Å²) >= 11 is 0. The second-order valence-electron chi connectivity index (χ2n) is 5.84. The topological polar surface area (TPSA) is 74.7 Å². The predicted octanol–water partition coefficient (Wildman–Crippen LogP) is 1.77. The number of hydrogen-bond donors (Lipinski definition) is 1. The van der Waals surface area contributed by atoms with Crippen LogP contribution in [0.4, 0.5) is 0 Å². The summed E-state index contributed by atoms with van der Waals surface area (Å²) in [6, 6.07) is 8.35. The van der Waals surface area contributed by atoms with Gasteiger partial charge in [-0.05, 0) is 12.5 Å². The van der Waals surface area contributed by atoms with Gasteiger partial charge in [-0.15, -0.1) is 0 Å². The first-order chi connectivity index (χ1) is 9.21. The van der Waals surface area contributed by atoms with Gasteiger partial charge in [0.15, 0.2) is 5.54 Å². The van der Waals surface area contributed by atoms with Gasteiger partial charge in [-0.2, -0.15) is 0 Å². The summed E-state index contributed by atoms with van der Waals surface area (Å²) in [4.78, 5) is 37.2. The summed E-state index contributed by atoms with van der Waals surface area (Å²) in [7, 11) is 0. The van der Waals surface area contributed by atoms with E-state index < -0.39 is 28.7 Å². The quantitative estimate of drug-likeness (QED) is 0.853. The van der Waals surface area contributed by atoms with Crippen molar-refractivity contribution in [3.05, 3.63) is 35.9 Å². The molecule has 1 atom stereocenters. The molecule has 1 aromatic rings. The summed E-state index contributed by atoms with van der Waals surface area (Å²) in [6.45, 7) is 4.70. The van der Waals surface area contributed by atoms with Gasteiger partial charge in [0, 0.05) is 6.42 Å². The van der Waals surface area contributed by atoms with Gasteiger partial charge in [-0.3, -0.25) is 14.5 Å². The largest absolute Gasteiger partial charge is 0.479 e. The van der Waals surface area contributed by atoms with E-state index in [1.165, 1.54) is 6.92 Å². The van der Waals surface area contributed by atoms with Crippen LogP contribution in [0, 0.1) is 5.41 Å². The van der Waals surface area contributed by atoms with Crippen molar-refractivity contribution >= 4 is 17.8 Å². The van der Waals surface area contributed by atoms with Crippen molar-refractivity contribution in [1.82, 2.24) is 4.90 Å². The second-order valence-corrected chi connectivity index (χ2v) is 5.84. The van der Waals surface area contributed by atoms with E-state index in [9.17, 15) is 19.5 Å². The molecule has 1 aliphatic rings. The van der Waals surface area contributed by atoms with Crippen LogP contribution in [0.3, 0.4) is 0 Å². The molecule has 106 valence electrons. The third kappa shape index (κ3) is 1.90. The lowest BCUT2D eigenvalue weighted by Gasteiger charge is -2.34.